The fourth-order valence-electron chi connectivity index (χ4n) is 1.75. The van der Waals surface area contributed by atoms with Gasteiger partial charge in [0.25, 0.3) is 0 Å². The van der Waals surface area contributed by atoms with Gasteiger partial charge in [0.1, 0.15) is 11.4 Å². The van der Waals surface area contributed by atoms with Crippen LogP contribution in [0.1, 0.15) is 27.2 Å². The van der Waals surface area contributed by atoms with Crippen LogP contribution in [-0.2, 0) is 0 Å². The monoisotopic (exact) mass is 234 g/mol. The van der Waals surface area contributed by atoms with E-state index in [4.69, 9.17) is 4.74 Å². The predicted octanol–water partition coefficient (Wildman–Crippen LogP) is 3.65. The van der Waals surface area contributed by atoms with Gasteiger partial charge in [0, 0.05) is 24.8 Å². The molecule has 0 unspecified atom stereocenters. The molecule has 0 atom stereocenters. The van der Waals surface area contributed by atoms with Crippen LogP contribution in [0.25, 0.3) is 0 Å². The Labute approximate surface area is 104 Å². The molecule has 1 rings (SSSR count). The molecule has 0 saturated heterocycles. The Morgan fingerprint density at radius 3 is 2.47 bits per heavy atom. The minimum Gasteiger partial charge on any atom is -0.491 e. The van der Waals surface area contributed by atoms with Crippen LogP contribution in [0.4, 0.5) is 11.4 Å². The molecule has 0 aromatic heterocycles. The van der Waals surface area contributed by atoms with E-state index < -0.39 is 0 Å². The van der Waals surface area contributed by atoms with Gasteiger partial charge >= 0.3 is 0 Å². The molecule has 0 radical (unpaired) electrons. The summed E-state index contributed by atoms with van der Waals surface area (Å²) in [5.74, 6) is 0.825. The Morgan fingerprint density at radius 2 is 1.94 bits per heavy atom. The van der Waals surface area contributed by atoms with Gasteiger partial charge in [0.15, 0.2) is 0 Å². The number of hydrogen-bond acceptors (Lipinski definition) is 3. The molecule has 94 valence electrons. The van der Waals surface area contributed by atoms with Crippen molar-refractivity contribution in [1.82, 2.24) is 0 Å². The van der Waals surface area contributed by atoms with Gasteiger partial charge in [0.05, 0.1) is 6.61 Å². The van der Waals surface area contributed by atoms with E-state index in [1.807, 2.05) is 12.1 Å². The second-order valence-corrected chi connectivity index (χ2v) is 3.83. The fraction of sp³-hybridized carbons (Fsp3) is 0.500. The zero-order valence-electron chi connectivity index (χ0n) is 11.1. The Balaban J connectivity index is 2.98. The van der Waals surface area contributed by atoms with Crippen molar-refractivity contribution in [2.75, 3.05) is 24.6 Å². The summed E-state index contributed by atoms with van der Waals surface area (Å²) in [6.07, 6.45) is 0.992. The lowest BCUT2D eigenvalue weighted by Crippen LogP contribution is -2.21. The van der Waals surface area contributed by atoms with Crippen molar-refractivity contribution in [3.8, 4) is 5.75 Å². The van der Waals surface area contributed by atoms with Crippen LogP contribution in [-0.4, -0.2) is 26.4 Å². The van der Waals surface area contributed by atoms with E-state index in [1.54, 1.807) is 0 Å². The first kappa shape index (κ1) is 13.6. The third-order valence-electron chi connectivity index (χ3n) is 2.70. The Morgan fingerprint density at radius 1 is 1.24 bits per heavy atom. The van der Waals surface area contributed by atoms with Gasteiger partial charge in [0.2, 0.25) is 0 Å². The molecule has 0 saturated carbocycles. The average molecular weight is 234 g/mol. The highest BCUT2D eigenvalue weighted by Crippen LogP contribution is 2.32. The van der Waals surface area contributed by atoms with Crippen molar-refractivity contribution in [3.05, 3.63) is 18.2 Å². The van der Waals surface area contributed by atoms with E-state index in [-0.39, 0.29) is 0 Å². The van der Waals surface area contributed by atoms with Crippen molar-refractivity contribution < 1.29 is 4.74 Å². The zero-order chi connectivity index (χ0) is 12.7. The molecule has 0 heterocycles. The second-order valence-electron chi connectivity index (χ2n) is 3.83. The summed E-state index contributed by atoms with van der Waals surface area (Å²) < 4.78 is 5.70. The molecule has 1 aromatic rings. The lowest BCUT2D eigenvalue weighted by atomic mass is 10.2. The predicted molar refractivity (Wildman–Crippen MR) is 75.0 cm³/mol. The third kappa shape index (κ3) is 3.48. The Kier molecular flexibility index (Phi) is 5.53. The van der Waals surface area contributed by atoms with E-state index in [0.29, 0.717) is 6.61 Å². The molecule has 0 aliphatic rings. The second kappa shape index (κ2) is 6.94. The van der Waals surface area contributed by atoms with Crippen LogP contribution in [0.3, 0.4) is 0 Å². The minimum absolute atomic E-state index is 0.713. The standard InChI is InChI=1S/C14H22N2O/c1-5-10-17-14-11-12(16(6-2)7-3)8-9-13(14)15-4/h8-9,11H,4-7,10H2,1-3H3. The zero-order valence-corrected chi connectivity index (χ0v) is 11.1. The highest BCUT2D eigenvalue weighted by atomic mass is 16.5. The maximum Gasteiger partial charge on any atom is 0.146 e. The topological polar surface area (TPSA) is 24.8 Å². The number of ether oxygens (including phenoxy) is 1. The molecule has 0 amide bonds. The summed E-state index contributed by atoms with van der Waals surface area (Å²) in [5, 5.41) is 0. The first-order valence-electron chi connectivity index (χ1n) is 6.25. The van der Waals surface area contributed by atoms with Gasteiger partial charge in [-0.05, 0) is 39.1 Å². The summed E-state index contributed by atoms with van der Waals surface area (Å²) >= 11 is 0. The summed E-state index contributed by atoms with van der Waals surface area (Å²) in [6, 6.07) is 6.08. The van der Waals surface area contributed by atoms with Crippen LogP contribution in [0.5, 0.6) is 5.75 Å². The Hall–Kier alpha value is -1.51. The Bertz CT molecular complexity index is 359. The van der Waals surface area contributed by atoms with Crippen LogP contribution in [0.2, 0.25) is 0 Å². The summed E-state index contributed by atoms with van der Waals surface area (Å²) in [7, 11) is 0. The van der Waals surface area contributed by atoms with E-state index in [9.17, 15) is 0 Å². The number of rotatable bonds is 7. The van der Waals surface area contributed by atoms with Gasteiger partial charge in [-0.25, -0.2) is 0 Å². The molecule has 3 nitrogen and oxygen atoms in total. The SMILES string of the molecule is C=Nc1ccc(N(CC)CC)cc1OCCC. The van der Waals surface area contributed by atoms with Gasteiger partial charge in [-0.3, -0.25) is 4.99 Å². The minimum atomic E-state index is 0.713. The summed E-state index contributed by atoms with van der Waals surface area (Å²) in [4.78, 5) is 6.27. The molecular weight excluding hydrogens is 212 g/mol. The third-order valence-corrected chi connectivity index (χ3v) is 2.70. The largest absolute Gasteiger partial charge is 0.491 e. The molecule has 1 aromatic carbocycles. The summed E-state index contributed by atoms with van der Waals surface area (Å²) in [6.45, 7) is 12.7. The molecule has 0 spiro atoms. The van der Waals surface area contributed by atoms with Crippen molar-refractivity contribution in [2.24, 2.45) is 4.99 Å². The quantitative estimate of drug-likeness (QED) is 0.673. The van der Waals surface area contributed by atoms with Gasteiger partial charge < -0.3 is 9.64 Å². The highest BCUT2D eigenvalue weighted by Gasteiger charge is 2.07. The molecule has 0 N–H and O–H groups in total. The summed E-state index contributed by atoms with van der Waals surface area (Å²) in [5.41, 5.74) is 1.99. The number of benzene rings is 1. The normalized spacial score (nSPS) is 10.1. The van der Waals surface area contributed by atoms with Crippen LogP contribution in [0.15, 0.2) is 23.2 Å². The van der Waals surface area contributed by atoms with E-state index in [1.165, 1.54) is 5.69 Å². The van der Waals surface area contributed by atoms with Crippen molar-refractivity contribution in [1.29, 1.82) is 0 Å². The first-order chi connectivity index (χ1) is 8.26. The maximum atomic E-state index is 5.70. The molecule has 0 bridgehead atoms. The molecule has 0 fully saturated rings. The maximum absolute atomic E-state index is 5.70. The number of hydrogen-bond donors (Lipinski definition) is 0. The van der Waals surface area contributed by atoms with Crippen LogP contribution >= 0.6 is 0 Å². The molecule has 0 aliphatic heterocycles. The van der Waals surface area contributed by atoms with Crippen LogP contribution in [0, 0.1) is 0 Å². The van der Waals surface area contributed by atoms with E-state index in [0.717, 1.165) is 30.9 Å². The van der Waals surface area contributed by atoms with Crippen LogP contribution < -0.4 is 9.64 Å². The first-order valence-corrected chi connectivity index (χ1v) is 6.25. The van der Waals surface area contributed by atoms with E-state index >= 15 is 0 Å². The number of nitrogens with zero attached hydrogens (tertiary/aromatic N) is 2. The van der Waals surface area contributed by atoms with Gasteiger partial charge in [-0.2, -0.15) is 0 Å². The fourth-order valence-corrected chi connectivity index (χ4v) is 1.75. The molecule has 17 heavy (non-hydrogen) atoms. The average Bonchev–Trinajstić information content (AvgIpc) is 2.38. The van der Waals surface area contributed by atoms with Crippen molar-refractivity contribution >= 4 is 18.1 Å². The molecular formula is C14H22N2O. The number of anilines is 1. The van der Waals surface area contributed by atoms with Crippen molar-refractivity contribution in [2.45, 2.75) is 27.2 Å². The molecule has 3 heteroatoms. The van der Waals surface area contributed by atoms with E-state index in [2.05, 4.69) is 43.4 Å². The smallest absolute Gasteiger partial charge is 0.146 e. The lowest BCUT2D eigenvalue weighted by Gasteiger charge is -2.22. The van der Waals surface area contributed by atoms with Crippen molar-refractivity contribution in [3.63, 3.8) is 0 Å². The molecule has 0 aliphatic carbocycles. The number of aliphatic imine (C=N–C) groups is 1. The van der Waals surface area contributed by atoms with Gasteiger partial charge in [-0.1, -0.05) is 6.92 Å². The van der Waals surface area contributed by atoms with Gasteiger partial charge in [-0.15, -0.1) is 0 Å². The highest BCUT2D eigenvalue weighted by molar-refractivity contribution is 5.63. The lowest BCUT2D eigenvalue weighted by molar-refractivity contribution is 0.318.